The minimum absolute atomic E-state index is 0. The number of phenolic OH excluding ortho intramolecular Hbond substituents is 1. The van der Waals surface area contributed by atoms with Crippen molar-refractivity contribution >= 4 is 24.4 Å². The second-order valence-electron chi connectivity index (χ2n) is 1.94. The second kappa shape index (κ2) is 3.83. The summed E-state index contributed by atoms with van der Waals surface area (Å²) in [7, 11) is 0. The largest absolute Gasteiger partial charge is 0.507 e. The van der Waals surface area contributed by atoms with Crippen LogP contribution in [0.4, 0.5) is 5.69 Å². The Morgan fingerprint density at radius 2 is 2.09 bits per heavy atom. The van der Waals surface area contributed by atoms with Crippen LogP contribution in [-0.4, -0.2) is 11.4 Å². The summed E-state index contributed by atoms with van der Waals surface area (Å²) in [6.07, 6.45) is 0.561. The summed E-state index contributed by atoms with van der Waals surface area (Å²) in [4.78, 5) is 10.2. The van der Waals surface area contributed by atoms with Gasteiger partial charge in [0.15, 0.2) is 6.29 Å². The molecule has 0 radical (unpaired) electrons. The first-order chi connectivity index (χ1) is 4.74. The monoisotopic (exact) mass is 173 g/mol. The lowest BCUT2D eigenvalue weighted by Crippen LogP contribution is -1.87. The number of nitrogens with two attached hydrogens (primary N) is 1. The van der Waals surface area contributed by atoms with Gasteiger partial charge in [0.2, 0.25) is 0 Å². The third-order valence-corrected chi connectivity index (χ3v) is 1.18. The number of benzene rings is 1. The summed E-state index contributed by atoms with van der Waals surface area (Å²) in [5.74, 6) is -0.0378. The zero-order chi connectivity index (χ0) is 7.56. The number of halogens is 1. The minimum Gasteiger partial charge on any atom is -0.507 e. The van der Waals surface area contributed by atoms with Gasteiger partial charge in [0, 0.05) is 5.69 Å². The summed E-state index contributed by atoms with van der Waals surface area (Å²) in [6, 6.07) is 4.34. The Balaban J connectivity index is 0.000001000. The average Bonchev–Trinajstić information content (AvgIpc) is 1.94. The third-order valence-electron chi connectivity index (χ3n) is 1.18. The molecular weight excluding hydrogens is 166 g/mol. The van der Waals surface area contributed by atoms with Crippen LogP contribution in [0.15, 0.2) is 18.2 Å². The molecule has 0 aliphatic rings. The molecule has 0 fully saturated rings. The standard InChI is InChI=1S/C7H7NO2.ClH/c8-6-1-2-7(10)5(3-6)4-9;/h1-4,10H,8H2;1H. The molecule has 4 heteroatoms. The highest BCUT2D eigenvalue weighted by atomic mass is 35.5. The number of nitrogen functional groups attached to an aromatic ring is 1. The number of aromatic hydroxyl groups is 1. The van der Waals surface area contributed by atoms with E-state index in [1.165, 1.54) is 18.2 Å². The van der Waals surface area contributed by atoms with E-state index in [9.17, 15) is 4.79 Å². The molecule has 0 aromatic heterocycles. The van der Waals surface area contributed by atoms with Crippen LogP contribution in [0.2, 0.25) is 0 Å². The number of anilines is 1. The minimum atomic E-state index is -0.0378. The van der Waals surface area contributed by atoms with Gasteiger partial charge in [-0.1, -0.05) is 0 Å². The molecule has 1 rings (SSSR count). The van der Waals surface area contributed by atoms with E-state index >= 15 is 0 Å². The van der Waals surface area contributed by atoms with Crippen molar-refractivity contribution in [2.45, 2.75) is 0 Å². The lowest BCUT2D eigenvalue weighted by molar-refractivity contribution is 0.112. The van der Waals surface area contributed by atoms with Crippen LogP contribution in [0.5, 0.6) is 5.75 Å². The fraction of sp³-hybridized carbons (Fsp3) is 0. The second-order valence-corrected chi connectivity index (χ2v) is 1.94. The number of carbonyl (C=O) groups excluding carboxylic acids is 1. The van der Waals surface area contributed by atoms with Gasteiger partial charge in [-0.3, -0.25) is 4.79 Å². The number of rotatable bonds is 1. The van der Waals surface area contributed by atoms with Crippen LogP contribution >= 0.6 is 12.4 Å². The zero-order valence-electron chi connectivity index (χ0n) is 5.65. The summed E-state index contributed by atoms with van der Waals surface area (Å²) in [5.41, 5.74) is 6.03. The molecule has 0 atom stereocenters. The molecule has 0 bridgehead atoms. The van der Waals surface area contributed by atoms with Crippen molar-refractivity contribution in [3.05, 3.63) is 23.8 Å². The first-order valence-corrected chi connectivity index (χ1v) is 2.77. The van der Waals surface area contributed by atoms with Crippen LogP contribution in [0, 0.1) is 0 Å². The van der Waals surface area contributed by atoms with E-state index in [1.807, 2.05) is 0 Å². The molecule has 3 N–H and O–H groups in total. The van der Waals surface area contributed by atoms with Crippen LogP contribution in [0.3, 0.4) is 0 Å². The fourth-order valence-electron chi connectivity index (χ4n) is 0.667. The molecule has 0 aliphatic carbocycles. The Kier molecular flexibility index (Phi) is 3.40. The molecule has 60 valence electrons. The molecule has 0 unspecified atom stereocenters. The number of hydrogen-bond donors (Lipinski definition) is 2. The first-order valence-electron chi connectivity index (χ1n) is 2.77. The Hall–Kier alpha value is -1.22. The van der Waals surface area contributed by atoms with Gasteiger partial charge < -0.3 is 10.8 Å². The normalized spacial score (nSPS) is 8.36. The van der Waals surface area contributed by atoms with Gasteiger partial charge in [-0.25, -0.2) is 0 Å². The predicted octanol–water partition coefficient (Wildman–Crippen LogP) is 1.21. The molecule has 1 aromatic carbocycles. The van der Waals surface area contributed by atoms with Gasteiger partial charge in [-0.15, -0.1) is 12.4 Å². The molecule has 0 spiro atoms. The molecule has 0 amide bonds. The predicted molar refractivity (Wildman–Crippen MR) is 45.2 cm³/mol. The highest BCUT2D eigenvalue weighted by Crippen LogP contribution is 2.16. The maximum absolute atomic E-state index is 10.2. The summed E-state index contributed by atoms with van der Waals surface area (Å²) in [5, 5.41) is 8.95. The van der Waals surface area contributed by atoms with Crippen molar-refractivity contribution < 1.29 is 9.90 Å². The van der Waals surface area contributed by atoms with E-state index in [-0.39, 0.29) is 23.7 Å². The Labute approximate surface area is 70.2 Å². The van der Waals surface area contributed by atoms with Gasteiger partial charge in [0.05, 0.1) is 5.56 Å². The maximum atomic E-state index is 10.2. The highest BCUT2D eigenvalue weighted by molar-refractivity contribution is 5.85. The Morgan fingerprint density at radius 3 is 2.55 bits per heavy atom. The van der Waals surface area contributed by atoms with Crippen molar-refractivity contribution in [3.63, 3.8) is 0 Å². The molecule has 0 saturated heterocycles. The molecular formula is C7H8ClNO2. The first kappa shape index (κ1) is 9.78. The van der Waals surface area contributed by atoms with Gasteiger partial charge in [0.1, 0.15) is 5.75 Å². The smallest absolute Gasteiger partial charge is 0.153 e. The van der Waals surface area contributed by atoms with Gasteiger partial charge in [-0.05, 0) is 18.2 Å². The number of carbonyl (C=O) groups is 1. The van der Waals surface area contributed by atoms with E-state index < -0.39 is 0 Å². The highest BCUT2D eigenvalue weighted by Gasteiger charge is 1.97. The van der Waals surface area contributed by atoms with Crippen molar-refractivity contribution in [1.29, 1.82) is 0 Å². The third kappa shape index (κ3) is 2.13. The van der Waals surface area contributed by atoms with E-state index in [0.717, 1.165) is 0 Å². The summed E-state index contributed by atoms with van der Waals surface area (Å²) < 4.78 is 0. The van der Waals surface area contributed by atoms with Crippen molar-refractivity contribution in [1.82, 2.24) is 0 Å². The van der Waals surface area contributed by atoms with Crippen molar-refractivity contribution in [2.24, 2.45) is 0 Å². The number of aldehydes is 1. The van der Waals surface area contributed by atoms with Gasteiger partial charge in [0.25, 0.3) is 0 Å². The molecule has 0 aliphatic heterocycles. The zero-order valence-corrected chi connectivity index (χ0v) is 6.47. The van der Waals surface area contributed by atoms with Crippen LogP contribution < -0.4 is 5.73 Å². The SMILES string of the molecule is Cl.Nc1ccc(O)c(C=O)c1. The quantitative estimate of drug-likeness (QED) is 0.381. The van der Waals surface area contributed by atoms with Crippen LogP contribution in [-0.2, 0) is 0 Å². The van der Waals surface area contributed by atoms with Crippen molar-refractivity contribution in [2.75, 3.05) is 5.73 Å². The molecule has 0 heterocycles. The van der Waals surface area contributed by atoms with Gasteiger partial charge in [-0.2, -0.15) is 0 Å². The van der Waals surface area contributed by atoms with E-state index in [4.69, 9.17) is 10.8 Å². The Bertz CT molecular complexity index is 263. The average molecular weight is 174 g/mol. The van der Waals surface area contributed by atoms with Crippen LogP contribution in [0.1, 0.15) is 10.4 Å². The van der Waals surface area contributed by atoms with Crippen molar-refractivity contribution in [3.8, 4) is 5.75 Å². The maximum Gasteiger partial charge on any atom is 0.153 e. The van der Waals surface area contributed by atoms with E-state index in [1.54, 1.807) is 0 Å². The van der Waals surface area contributed by atoms with Gasteiger partial charge >= 0.3 is 0 Å². The lowest BCUT2D eigenvalue weighted by atomic mass is 10.2. The molecule has 0 saturated carbocycles. The molecule has 1 aromatic rings. The van der Waals surface area contributed by atoms with Crippen LogP contribution in [0.25, 0.3) is 0 Å². The molecule has 3 nitrogen and oxygen atoms in total. The summed E-state index contributed by atoms with van der Waals surface area (Å²) >= 11 is 0. The lowest BCUT2D eigenvalue weighted by Gasteiger charge is -1.96. The number of phenols is 1. The number of hydrogen-bond acceptors (Lipinski definition) is 3. The summed E-state index contributed by atoms with van der Waals surface area (Å²) in [6.45, 7) is 0. The molecule has 11 heavy (non-hydrogen) atoms. The Morgan fingerprint density at radius 1 is 1.45 bits per heavy atom. The van der Waals surface area contributed by atoms with E-state index in [0.29, 0.717) is 12.0 Å². The van der Waals surface area contributed by atoms with E-state index in [2.05, 4.69) is 0 Å². The topological polar surface area (TPSA) is 63.3 Å². The fourth-order valence-corrected chi connectivity index (χ4v) is 0.667.